The molecule has 3 rings (SSSR count). The van der Waals surface area contributed by atoms with Crippen LogP contribution in [-0.4, -0.2) is 10.9 Å². The van der Waals surface area contributed by atoms with E-state index in [0.717, 1.165) is 5.39 Å². The Bertz CT molecular complexity index is 844. The molecule has 0 radical (unpaired) electrons. The van der Waals surface area contributed by atoms with Crippen molar-refractivity contribution in [3.05, 3.63) is 65.2 Å². The fourth-order valence-corrected chi connectivity index (χ4v) is 2.57. The predicted molar refractivity (Wildman–Crippen MR) is 80.7 cm³/mol. The van der Waals surface area contributed by atoms with Crippen LogP contribution < -0.4 is 5.73 Å². The Kier molecular flexibility index (Phi) is 3.31. The van der Waals surface area contributed by atoms with Gasteiger partial charge in [-0.25, -0.2) is 4.39 Å². The minimum absolute atomic E-state index is 0.154. The molecule has 0 bridgehead atoms. The summed E-state index contributed by atoms with van der Waals surface area (Å²) in [6.45, 7) is 0. The van der Waals surface area contributed by atoms with Crippen molar-refractivity contribution in [2.45, 2.75) is 0 Å². The van der Waals surface area contributed by atoms with Crippen molar-refractivity contribution in [2.24, 2.45) is 5.73 Å². The molecule has 0 fully saturated rings. The number of benzene rings is 2. The first-order valence-corrected chi connectivity index (χ1v) is 6.58. The summed E-state index contributed by atoms with van der Waals surface area (Å²) in [5.41, 5.74) is 6.34. The van der Waals surface area contributed by atoms with Crippen LogP contribution in [-0.2, 0) is 0 Å². The molecule has 1 aromatic heterocycles. The van der Waals surface area contributed by atoms with Crippen molar-refractivity contribution in [3.63, 3.8) is 0 Å². The smallest absolute Gasteiger partial charge is 0.267 e. The molecule has 0 saturated heterocycles. The number of primary amides is 1. The quantitative estimate of drug-likeness (QED) is 0.782. The third kappa shape index (κ3) is 2.34. The number of hydrogen-bond acceptors (Lipinski definition) is 2. The molecule has 0 atom stereocenters. The highest BCUT2D eigenvalue weighted by molar-refractivity contribution is 6.33. The monoisotopic (exact) mass is 300 g/mol. The molecular weight excluding hydrogens is 291 g/mol. The van der Waals surface area contributed by atoms with Crippen molar-refractivity contribution in [2.75, 3.05) is 0 Å². The lowest BCUT2D eigenvalue weighted by Crippen LogP contribution is -2.13. The van der Waals surface area contributed by atoms with Crippen LogP contribution in [0.5, 0.6) is 0 Å². The van der Waals surface area contributed by atoms with Gasteiger partial charge in [0.1, 0.15) is 11.5 Å². The van der Waals surface area contributed by atoms with Gasteiger partial charge in [-0.05, 0) is 35.2 Å². The van der Waals surface area contributed by atoms with E-state index >= 15 is 0 Å². The average Bonchev–Trinajstić information content (AvgIpc) is 2.46. The summed E-state index contributed by atoms with van der Waals surface area (Å²) >= 11 is 6.07. The molecule has 0 spiro atoms. The van der Waals surface area contributed by atoms with E-state index in [2.05, 4.69) is 4.98 Å². The van der Waals surface area contributed by atoms with E-state index in [9.17, 15) is 9.18 Å². The van der Waals surface area contributed by atoms with E-state index in [1.807, 2.05) is 0 Å². The lowest BCUT2D eigenvalue weighted by atomic mass is 10.00. The number of halogens is 2. The van der Waals surface area contributed by atoms with Gasteiger partial charge >= 0.3 is 0 Å². The van der Waals surface area contributed by atoms with Crippen LogP contribution in [0.4, 0.5) is 4.39 Å². The molecule has 104 valence electrons. The molecule has 0 unspecified atom stereocenters. The predicted octanol–water partition coefficient (Wildman–Crippen LogP) is 3.79. The maximum atomic E-state index is 14.0. The highest BCUT2D eigenvalue weighted by atomic mass is 35.5. The van der Waals surface area contributed by atoms with Gasteiger partial charge in [-0.15, -0.1) is 0 Å². The summed E-state index contributed by atoms with van der Waals surface area (Å²) < 4.78 is 14.0. The van der Waals surface area contributed by atoms with Crippen molar-refractivity contribution in [3.8, 4) is 11.1 Å². The summed E-state index contributed by atoms with van der Waals surface area (Å²) in [6.07, 6.45) is 1.51. The molecule has 5 heteroatoms. The zero-order chi connectivity index (χ0) is 15.0. The number of fused-ring (bicyclic) bond motifs is 1. The maximum Gasteiger partial charge on any atom is 0.267 e. The lowest BCUT2D eigenvalue weighted by Gasteiger charge is -2.09. The SMILES string of the molecule is NC(=O)c1nccc2ccc(-c3c(F)cccc3Cl)cc12. The standard InChI is InChI=1S/C16H10ClFN2O/c17-12-2-1-3-13(18)14(12)10-5-4-9-6-7-20-15(16(19)21)11(9)8-10/h1-8H,(H2,19,21). The van der Waals surface area contributed by atoms with Gasteiger partial charge in [-0.2, -0.15) is 0 Å². The first-order chi connectivity index (χ1) is 10.1. The van der Waals surface area contributed by atoms with E-state index in [4.69, 9.17) is 17.3 Å². The fourth-order valence-electron chi connectivity index (χ4n) is 2.29. The van der Waals surface area contributed by atoms with Crippen LogP contribution in [0.3, 0.4) is 0 Å². The second-order valence-electron chi connectivity index (χ2n) is 4.56. The van der Waals surface area contributed by atoms with Gasteiger partial charge in [-0.1, -0.05) is 29.8 Å². The summed E-state index contributed by atoms with van der Waals surface area (Å²) in [7, 11) is 0. The molecule has 0 aliphatic heterocycles. The van der Waals surface area contributed by atoms with Crippen molar-refractivity contribution in [1.82, 2.24) is 4.98 Å². The number of pyridine rings is 1. The minimum atomic E-state index is -0.627. The summed E-state index contributed by atoms with van der Waals surface area (Å²) in [6, 6.07) is 11.4. The molecular formula is C16H10ClFN2O. The molecule has 3 aromatic rings. The van der Waals surface area contributed by atoms with Crippen LogP contribution in [0.1, 0.15) is 10.5 Å². The van der Waals surface area contributed by atoms with Gasteiger partial charge in [0, 0.05) is 17.1 Å². The first kappa shape index (κ1) is 13.5. The summed E-state index contributed by atoms with van der Waals surface area (Å²) in [5.74, 6) is -1.05. The number of nitrogens with zero attached hydrogens (tertiary/aromatic N) is 1. The highest BCUT2D eigenvalue weighted by Gasteiger charge is 2.13. The highest BCUT2D eigenvalue weighted by Crippen LogP contribution is 2.32. The fraction of sp³-hybridized carbons (Fsp3) is 0. The Morgan fingerprint density at radius 2 is 2.00 bits per heavy atom. The van der Waals surface area contributed by atoms with E-state index in [-0.39, 0.29) is 5.69 Å². The third-order valence-electron chi connectivity index (χ3n) is 3.25. The van der Waals surface area contributed by atoms with Crippen LogP contribution in [0.2, 0.25) is 5.02 Å². The number of carbonyl (C=O) groups excluding carboxylic acids is 1. The maximum absolute atomic E-state index is 14.0. The zero-order valence-electron chi connectivity index (χ0n) is 10.8. The normalized spacial score (nSPS) is 10.8. The van der Waals surface area contributed by atoms with E-state index in [1.165, 1.54) is 12.3 Å². The molecule has 2 N–H and O–H groups in total. The molecule has 0 saturated carbocycles. The van der Waals surface area contributed by atoms with Crippen LogP contribution in [0, 0.1) is 5.82 Å². The number of hydrogen-bond donors (Lipinski definition) is 1. The van der Waals surface area contributed by atoms with Crippen molar-refractivity contribution >= 4 is 28.3 Å². The van der Waals surface area contributed by atoms with Crippen LogP contribution in [0.15, 0.2) is 48.7 Å². The molecule has 1 heterocycles. The summed E-state index contributed by atoms with van der Waals surface area (Å²) in [4.78, 5) is 15.4. The second-order valence-corrected chi connectivity index (χ2v) is 4.96. The number of amides is 1. The third-order valence-corrected chi connectivity index (χ3v) is 3.57. The van der Waals surface area contributed by atoms with Gasteiger partial charge in [0.15, 0.2) is 0 Å². The number of aromatic nitrogens is 1. The molecule has 0 aliphatic carbocycles. The Labute approximate surface area is 125 Å². The van der Waals surface area contributed by atoms with Crippen molar-refractivity contribution < 1.29 is 9.18 Å². The number of rotatable bonds is 2. The van der Waals surface area contributed by atoms with E-state index in [0.29, 0.717) is 21.5 Å². The molecule has 0 aliphatic rings. The Balaban J connectivity index is 2.31. The van der Waals surface area contributed by atoms with Gasteiger partial charge in [0.2, 0.25) is 0 Å². The Morgan fingerprint density at radius 3 is 2.71 bits per heavy atom. The van der Waals surface area contributed by atoms with Gasteiger partial charge < -0.3 is 5.73 Å². The van der Waals surface area contributed by atoms with E-state index in [1.54, 1.807) is 36.4 Å². The topological polar surface area (TPSA) is 56.0 Å². The first-order valence-electron chi connectivity index (χ1n) is 6.21. The van der Waals surface area contributed by atoms with E-state index < -0.39 is 11.7 Å². The Morgan fingerprint density at radius 1 is 1.19 bits per heavy atom. The van der Waals surface area contributed by atoms with Crippen molar-refractivity contribution in [1.29, 1.82) is 0 Å². The minimum Gasteiger partial charge on any atom is -0.364 e. The zero-order valence-corrected chi connectivity index (χ0v) is 11.6. The van der Waals surface area contributed by atoms with Crippen LogP contribution >= 0.6 is 11.6 Å². The average molecular weight is 301 g/mol. The van der Waals surface area contributed by atoms with Gasteiger partial charge in [0.25, 0.3) is 5.91 Å². The number of carbonyl (C=O) groups is 1. The van der Waals surface area contributed by atoms with Gasteiger partial charge in [-0.3, -0.25) is 9.78 Å². The number of nitrogens with two attached hydrogens (primary N) is 1. The molecule has 3 nitrogen and oxygen atoms in total. The van der Waals surface area contributed by atoms with Gasteiger partial charge in [0.05, 0.1) is 5.02 Å². The molecule has 21 heavy (non-hydrogen) atoms. The molecule has 1 amide bonds. The lowest BCUT2D eigenvalue weighted by molar-refractivity contribution is 0.0997. The Hall–Kier alpha value is -2.46. The largest absolute Gasteiger partial charge is 0.364 e. The second kappa shape index (κ2) is 5.14. The van der Waals surface area contributed by atoms with Crippen LogP contribution in [0.25, 0.3) is 21.9 Å². The molecule has 2 aromatic carbocycles. The summed E-state index contributed by atoms with van der Waals surface area (Å²) in [5, 5.41) is 1.68.